The second-order valence-corrected chi connectivity index (χ2v) is 7.01. The summed E-state index contributed by atoms with van der Waals surface area (Å²) in [7, 11) is 1.35. The van der Waals surface area contributed by atoms with Crippen LogP contribution < -0.4 is 5.56 Å². The van der Waals surface area contributed by atoms with Crippen molar-refractivity contribution in [2.75, 3.05) is 7.11 Å². The van der Waals surface area contributed by atoms with E-state index in [4.69, 9.17) is 11.6 Å². The van der Waals surface area contributed by atoms with Crippen LogP contribution >= 0.6 is 11.6 Å². The van der Waals surface area contributed by atoms with Crippen molar-refractivity contribution in [1.29, 1.82) is 0 Å². The molecule has 0 radical (unpaired) electrons. The van der Waals surface area contributed by atoms with Crippen molar-refractivity contribution in [3.8, 4) is 0 Å². The van der Waals surface area contributed by atoms with Gasteiger partial charge in [0, 0.05) is 11.0 Å². The average Bonchev–Trinajstić information content (AvgIpc) is 2.54. The van der Waals surface area contributed by atoms with E-state index in [0.717, 1.165) is 16.8 Å². The predicted molar refractivity (Wildman–Crippen MR) is 93.8 cm³/mol. The number of nitrogens with zero attached hydrogens (tertiary/aromatic N) is 1. The van der Waals surface area contributed by atoms with E-state index < -0.39 is 0 Å². The number of rotatable bonds is 4. The molecule has 6 heteroatoms. The Hall–Kier alpha value is -2.14. The quantitative estimate of drug-likeness (QED) is 0.860. The molecule has 0 saturated heterocycles. The minimum absolute atomic E-state index is 0.195. The molecule has 1 aromatic heterocycles. The molecule has 2 rings (SSSR count). The van der Waals surface area contributed by atoms with Crippen LogP contribution in [-0.2, 0) is 23.0 Å². The molecule has 0 aliphatic rings. The van der Waals surface area contributed by atoms with Crippen LogP contribution in [0, 0.1) is 0 Å². The third-order valence-corrected chi connectivity index (χ3v) is 4.17. The number of carbonyl (C=O) groups excluding carboxylic acids is 1. The van der Waals surface area contributed by atoms with Gasteiger partial charge in [0.2, 0.25) is 0 Å². The van der Waals surface area contributed by atoms with E-state index in [1.165, 1.54) is 7.11 Å². The van der Waals surface area contributed by atoms with Crippen molar-refractivity contribution in [2.24, 2.45) is 0 Å². The molecule has 128 valence electrons. The highest BCUT2D eigenvalue weighted by molar-refractivity contribution is 6.31. The molecule has 0 saturated carbocycles. The van der Waals surface area contributed by atoms with E-state index >= 15 is 0 Å². The number of carbonyl (C=O) groups is 1. The molecular weight excluding hydrogens is 328 g/mol. The smallest absolute Gasteiger partial charge is 0.337 e. The van der Waals surface area contributed by atoms with Crippen molar-refractivity contribution in [1.82, 2.24) is 10.2 Å². The predicted octanol–water partition coefficient (Wildman–Crippen LogP) is 3.29. The highest BCUT2D eigenvalue weighted by Gasteiger charge is 2.23. The second-order valence-electron chi connectivity index (χ2n) is 6.63. The molecule has 0 atom stereocenters. The van der Waals surface area contributed by atoms with Gasteiger partial charge in [-0.1, -0.05) is 44.5 Å². The number of aryl methyl sites for hydroxylation is 1. The largest absolute Gasteiger partial charge is 0.465 e. The molecule has 5 nitrogen and oxygen atoms in total. The number of H-pyrrole nitrogens is 1. The maximum Gasteiger partial charge on any atom is 0.337 e. The number of aromatic nitrogens is 2. The Morgan fingerprint density at radius 2 is 1.83 bits per heavy atom. The number of hydrogen-bond donors (Lipinski definition) is 1. The van der Waals surface area contributed by atoms with Crippen molar-refractivity contribution in [2.45, 2.75) is 39.0 Å². The van der Waals surface area contributed by atoms with Gasteiger partial charge >= 0.3 is 5.97 Å². The number of ether oxygens (including phenoxy) is 1. The van der Waals surface area contributed by atoms with E-state index in [-0.39, 0.29) is 22.0 Å². The first-order chi connectivity index (χ1) is 11.2. The van der Waals surface area contributed by atoms with Crippen LogP contribution in [0.2, 0.25) is 5.02 Å². The molecule has 0 aliphatic heterocycles. The zero-order valence-electron chi connectivity index (χ0n) is 14.3. The highest BCUT2D eigenvalue weighted by Crippen LogP contribution is 2.27. The lowest BCUT2D eigenvalue weighted by Crippen LogP contribution is -2.23. The van der Waals surface area contributed by atoms with Crippen LogP contribution in [-0.4, -0.2) is 23.3 Å². The number of nitrogens with one attached hydrogen (secondary N) is 1. The van der Waals surface area contributed by atoms with Crippen LogP contribution in [0.5, 0.6) is 0 Å². The first-order valence-electron chi connectivity index (χ1n) is 7.69. The van der Waals surface area contributed by atoms with Crippen molar-refractivity contribution in [3.05, 3.63) is 62.0 Å². The Kier molecular flexibility index (Phi) is 5.44. The molecule has 1 N–H and O–H groups in total. The van der Waals surface area contributed by atoms with Gasteiger partial charge < -0.3 is 4.74 Å². The summed E-state index contributed by atoms with van der Waals surface area (Å²) in [4.78, 5) is 23.2. The Labute approximate surface area is 146 Å². The van der Waals surface area contributed by atoms with Gasteiger partial charge in [-0.15, -0.1) is 0 Å². The molecule has 0 aliphatic carbocycles. The number of esters is 1. The Bertz CT molecular complexity index is 789. The fraction of sp³-hybridized carbons (Fsp3) is 0.389. The van der Waals surface area contributed by atoms with Gasteiger partial charge in [0.25, 0.3) is 5.56 Å². The van der Waals surface area contributed by atoms with Gasteiger partial charge in [-0.05, 0) is 30.5 Å². The summed E-state index contributed by atoms with van der Waals surface area (Å²) in [5.41, 5.74) is 2.51. The normalized spacial score (nSPS) is 11.4. The SMILES string of the molecule is COC(=O)c1ccc(CCc2c(C(C)(C)C)n[nH]c(=O)c2Cl)cc1. The van der Waals surface area contributed by atoms with Crippen LogP contribution in [0.3, 0.4) is 0 Å². The molecule has 0 amide bonds. The van der Waals surface area contributed by atoms with Gasteiger partial charge in [0.05, 0.1) is 18.4 Å². The monoisotopic (exact) mass is 348 g/mol. The fourth-order valence-corrected chi connectivity index (χ4v) is 2.73. The minimum atomic E-state index is -0.374. The van der Waals surface area contributed by atoms with Crippen molar-refractivity contribution < 1.29 is 9.53 Å². The maximum atomic E-state index is 11.8. The number of aromatic amines is 1. The maximum absolute atomic E-state index is 11.8. The number of benzene rings is 1. The summed E-state index contributed by atoms with van der Waals surface area (Å²) < 4.78 is 4.68. The van der Waals surface area contributed by atoms with E-state index in [2.05, 4.69) is 14.9 Å². The fourth-order valence-electron chi connectivity index (χ4n) is 2.51. The van der Waals surface area contributed by atoms with E-state index in [1.54, 1.807) is 12.1 Å². The number of methoxy groups -OCH3 is 1. The molecule has 1 aromatic carbocycles. The zero-order chi connectivity index (χ0) is 17.9. The Morgan fingerprint density at radius 1 is 1.21 bits per heavy atom. The van der Waals surface area contributed by atoms with Crippen LogP contribution in [0.15, 0.2) is 29.1 Å². The number of halogens is 1. The highest BCUT2D eigenvalue weighted by atomic mass is 35.5. The van der Waals surface area contributed by atoms with Crippen LogP contribution in [0.1, 0.15) is 48.0 Å². The van der Waals surface area contributed by atoms with Gasteiger partial charge in [-0.25, -0.2) is 9.89 Å². The molecule has 0 spiro atoms. The molecule has 1 heterocycles. The van der Waals surface area contributed by atoms with Crippen molar-refractivity contribution in [3.63, 3.8) is 0 Å². The third kappa shape index (κ3) is 4.03. The van der Waals surface area contributed by atoms with Crippen LogP contribution in [0.4, 0.5) is 0 Å². The lowest BCUT2D eigenvalue weighted by atomic mass is 9.87. The lowest BCUT2D eigenvalue weighted by molar-refractivity contribution is 0.0600. The number of hydrogen-bond acceptors (Lipinski definition) is 4. The molecule has 0 unspecified atom stereocenters. The summed E-state index contributed by atoms with van der Waals surface area (Å²) in [6, 6.07) is 7.20. The molecule has 2 aromatic rings. The summed E-state index contributed by atoms with van der Waals surface area (Å²) in [5, 5.41) is 6.83. The van der Waals surface area contributed by atoms with Crippen molar-refractivity contribution >= 4 is 17.6 Å². The topological polar surface area (TPSA) is 72.0 Å². The molecule has 24 heavy (non-hydrogen) atoms. The van der Waals surface area contributed by atoms with Gasteiger partial charge in [0.15, 0.2) is 0 Å². The van der Waals surface area contributed by atoms with Gasteiger partial charge in [-0.2, -0.15) is 5.10 Å². The summed E-state index contributed by atoms with van der Waals surface area (Å²) in [5.74, 6) is -0.363. The lowest BCUT2D eigenvalue weighted by Gasteiger charge is -2.21. The third-order valence-electron chi connectivity index (χ3n) is 3.77. The summed E-state index contributed by atoms with van der Waals surface area (Å²) >= 11 is 6.21. The molecule has 0 fully saturated rings. The second kappa shape index (κ2) is 7.18. The van der Waals surface area contributed by atoms with Crippen LogP contribution in [0.25, 0.3) is 0 Å². The molecule has 0 bridgehead atoms. The van der Waals surface area contributed by atoms with E-state index in [9.17, 15) is 9.59 Å². The Balaban J connectivity index is 2.24. The minimum Gasteiger partial charge on any atom is -0.465 e. The van der Waals surface area contributed by atoms with Gasteiger partial charge in [-0.3, -0.25) is 4.79 Å². The summed E-state index contributed by atoms with van der Waals surface area (Å²) in [6.45, 7) is 6.08. The molecular formula is C18H21ClN2O3. The Morgan fingerprint density at radius 3 is 2.38 bits per heavy atom. The standard InChI is InChI=1S/C18H21ClN2O3/c1-18(2,3)15-13(14(19)16(22)21-20-15)10-7-11-5-8-12(9-6-11)17(23)24-4/h5-6,8-9H,7,10H2,1-4H3,(H,21,22). The van der Waals surface area contributed by atoms with E-state index in [1.807, 2.05) is 32.9 Å². The van der Waals surface area contributed by atoms with Gasteiger partial charge in [0.1, 0.15) is 5.02 Å². The zero-order valence-corrected chi connectivity index (χ0v) is 15.0. The summed E-state index contributed by atoms with van der Waals surface area (Å²) in [6.07, 6.45) is 1.29. The first kappa shape index (κ1) is 18.2. The first-order valence-corrected chi connectivity index (χ1v) is 8.06. The van der Waals surface area contributed by atoms with E-state index in [0.29, 0.717) is 18.4 Å². The average molecular weight is 349 g/mol.